The number of fused-ring (bicyclic) bond motifs is 1. The first kappa shape index (κ1) is 15.8. The Morgan fingerprint density at radius 1 is 1.08 bits per heavy atom. The third kappa shape index (κ3) is 2.90. The zero-order valence-electron chi connectivity index (χ0n) is 13.7. The van der Waals surface area contributed by atoms with Crippen LogP contribution >= 0.6 is 0 Å². The highest BCUT2D eigenvalue weighted by Gasteiger charge is 2.40. The monoisotopic (exact) mass is 341 g/mol. The van der Waals surface area contributed by atoms with Crippen LogP contribution in [-0.4, -0.2) is 58.6 Å². The van der Waals surface area contributed by atoms with Gasteiger partial charge < -0.3 is 10.2 Å². The van der Waals surface area contributed by atoms with Gasteiger partial charge in [0.1, 0.15) is 0 Å². The van der Waals surface area contributed by atoms with Gasteiger partial charge in [-0.3, -0.25) is 24.1 Å². The zero-order valence-corrected chi connectivity index (χ0v) is 13.7. The quantitative estimate of drug-likeness (QED) is 0.793. The van der Waals surface area contributed by atoms with E-state index in [1.807, 2.05) is 4.90 Å². The molecule has 7 heteroatoms. The van der Waals surface area contributed by atoms with E-state index in [4.69, 9.17) is 0 Å². The molecule has 7 nitrogen and oxygen atoms in total. The fourth-order valence-corrected chi connectivity index (χ4v) is 3.52. The van der Waals surface area contributed by atoms with Gasteiger partial charge in [0.25, 0.3) is 11.8 Å². The highest BCUT2D eigenvalue weighted by molar-refractivity contribution is 6.21. The smallest absolute Gasteiger partial charge is 0.261 e. The van der Waals surface area contributed by atoms with Gasteiger partial charge in [0.15, 0.2) is 0 Å². The molecule has 1 aromatic rings. The van der Waals surface area contributed by atoms with Gasteiger partial charge >= 0.3 is 0 Å². The van der Waals surface area contributed by atoms with Gasteiger partial charge in [0, 0.05) is 32.0 Å². The van der Waals surface area contributed by atoms with Gasteiger partial charge in [-0.1, -0.05) is 12.1 Å². The molecule has 1 aliphatic carbocycles. The van der Waals surface area contributed by atoms with Gasteiger partial charge in [-0.05, 0) is 25.0 Å². The van der Waals surface area contributed by atoms with Crippen LogP contribution in [-0.2, 0) is 9.59 Å². The minimum absolute atomic E-state index is 0.0413. The summed E-state index contributed by atoms with van der Waals surface area (Å²) in [5, 5.41) is 2.85. The highest BCUT2D eigenvalue weighted by atomic mass is 16.2. The molecule has 2 fully saturated rings. The SMILES string of the molecule is O=C(CCN1C(=O)c2ccccc2C1=O)NC1CC(=O)N(C2CC2)C1. The van der Waals surface area contributed by atoms with Crippen LogP contribution in [0.2, 0.25) is 0 Å². The Morgan fingerprint density at radius 3 is 2.32 bits per heavy atom. The second-order valence-electron chi connectivity index (χ2n) is 6.80. The largest absolute Gasteiger partial charge is 0.351 e. The van der Waals surface area contributed by atoms with Crippen LogP contribution in [0, 0.1) is 0 Å². The maximum absolute atomic E-state index is 12.3. The molecule has 4 amide bonds. The minimum Gasteiger partial charge on any atom is -0.351 e. The molecule has 1 aromatic carbocycles. The third-order valence-corrected chi connectivity index (χ3v) is 4.95. The summed E-state index contributed by atoms with van der Waals surface area (Å²) in [7, 11) is 0. The van der Waals surface area contributed by atoms with Crippen LogP contribution < -0.4 is 5.32 Å². The number of nitrogens with zero attached hydrogens (tertiary/aromatic N) is 2. The molecular formula is C18H19N3O4. The highest BCUT2D eigenvalue weighted by Crippen LogP contribution is 2.30. The number of hydrogen-bond acceptors (Lipinski definition) is 4. The molecule has 0 radical (unpaired) electrons. The van der Waals surface area contributed by atoms with Crippen molar-refractivity contribution in [2.75, 3.05) is 13.1 Å². The Morgan fingerprint density at radius 2 is 1.72 bits per heavy atom. The summed E-state index contributed by atoms with van der Waals surface area (Å²) < 4.78 is 0. The molecule has 1 unspecified atom stereocenters. The van der Waals surface area contributed by atoms with Crippen molar-refractivity contribution in [1.82, 2.24) is 15.1 Å². The molecule has 1 N–H and O–H groups in total. The van der Waals surface area contributed by atoms with Crippen molar-refractivity contribution in [2.45, 2.75) is 37.8 Å². The Labute approximate surface area is 145 Å². The number of carbonyl (C=O) groups is 4. The summed E-state index contributed by atoms with van der Waals surface area (Å²) in [5.74, 6) is -0.867. The van der Waals surface area contributed by atoms with Crippen LogP contribution in [0.25, 0.3) is 0 Å². The Hall–Kier alpha value is -2.70. The van der Waals surface area contributed by atoms with Crippen LogP contribution in [0.5, 0.6) is 0 Å². The lowest BCUT2D eigenvalue weighted by Gasteiger charge is -2.17. The minimum atomic E-state index is -0.357. The first-order valence-electron chi connectivity index (χ1n) is 8.58. The fourth-order valence-electron chi connectivity index (χ4n) is 3.52. The second kappa shape index (κ2) is 5.98. The molecule has 0 aromatic heterocycles. The van der Waals surface area contributed by atoms with Gasteiger partial charge in [-0.2, -0.15) is 0 Å². The summed E-state index contributed by atoms with van der Waals surface area (Å²) >= 11 is 0. The first-order chi connectivity index (χ1) is 12.0. The number of carbonyl (C=O) groups excluding carboxylic acids is 4. The number of imide groups is 1. The normalized spacial score (nSPS) is 22.6. The molecule has 0 bridgehead atoms. The van der Waals surface area contributed by atoms with Crippen molar-refractivity contribution in [1.29, 1.82) is 0 Å². The lowest BCUT2D eigenvalue weighted by Crippen LogP contribution is -2.40. The summed E-state index contributed by atoms with van der Waals surface area (Å²) in [5.41, 5.74) is 0.767. The number of likely N-dealkylation sites (tertiary alicyclic amines) is 1. The van der Waals surface area contributed by atoms with Crippen molar-refractivity contribution >= 4 is 23.6 Å². The molecule has 1 saturated carbocycles. The summed E-state index contributed by atoms with van der Waals surface area (Å²) in [4.78, 5) is 51.5. The average Bonchev–Trinajstić information content (AvgIpc) is 3.33. The van der Waals surface area contributed by atoms with Gasteiger partial charge in [0.2, 0.25) is 11.8 Å². The molecule has 4 rings (SSSR count). The van der Waals surface area contributed by atoms with Crippen LogP contribution in [0.3, 0.4) is 0 Å². The lowest BCUT2D eigenvalue weighted by molar-refractivity contribution is -0.128. The molecule has 25 heavy (non-hydrogen) atoms. The predicted molar refractivity (Wildman–Crippen MR) is 87.7 cm³/mol. The van der Waals surface area contributed by atoms with E-state index in [1.54, 1.807) is 24.3 Å². The van der Waals surface area contributed by atoms with Crippen molar-refractivity contribution in [2.24, 2.45) is 0 Å². The molecule has 3 aliphatic rings. The second-order valence-corrected chi connectivity index (χ2v) is 6.80. The average molecular weight is 341 g/mol. The van der Waals surface area contributed by atoms with E-state index in [2.05, 4.69) is 5.32 Å². The fraction of sp³-hybridized carbons (Fsp3) is 0.444. The van der Waals surface area contributed by atoms with E-state index in [9.17, 15) is 19.2 Å². The van der Waals surface area contributed by atoms with Crippen molar-refractivity contribution in [3.8, 4) is 0 Å². The Bertz CT molecular complexity index is 736. The maximum Gasteiger partial charge on any atom is 0.261 e. The van der Waals surface area contributed by atoms with E-state index in [0.717, 1.165) is 17.7 Å². The van der Waals surface area contributed by atoms with Crippen LogP contribution in [0.4, 0.5) is 0 Å². The van der Waals surface area contributed by atoms with E-state index in [1.165, 1.54) is 0 Å². The molecule has 130 valence electrons. The van der Waals surface area contributed by atoms with Gasteiger partial charge in [-0.15, -0.1) is 0 Å². The standard InChI is InChI=1S/C18H19N3O4/c22-15(19-11-9-16(23)21(10-11)12-5-6-12)7-8-20-17(24)13-3-1-2-4-14(13)18(20)25/h1-4,11-12H,5-10H2,(H,19,22). The topological polar surface area (TPSA) is 86.8 Å². The van der Waals surface area contributed by atoms with Crippen molar-refractivity contribution in [3.05, 3.63) is 35.4 Å². The van der Waals surface area contributed by atoms with Gasteiger partial charge in [0.05, 0.1) is 17.2 Å². The predicted octanol–water partition coefficient (Wildman–Crippen LogP) is 0.552. The molecule has 1 atom stereocenters. The Balaban J connectivity index is 1.30. The molecule has 0 spiro atoms. The maximum atomic E-state index is 12.3. The zero-order chi connectivity index (χ0) is 17.6. The Kier molecular flexibility index (Phi) is 3.78. The molecular weight excluding hydrogens is 322 g/mol. The van der Waals surface area contributed by atoms with E-state index < -0.39 is 0 Å². The van der Waals surface area contributed by atoms with Crippen molar-refractivity contribution < 1.29 is 19.2 Å². The van der Waals surface area contributed by atoms with E-state index >= 15 is 0 Å². The molecule has 2 heterocycles. The van der Waals surface area contributed by atoms with Crippen LogP contribution in [0.15, 0.2) is 24.3 Å². The summed E-state index contributed by atoms with van der Waals surface area (Å²) in [6.07, 6.45) is 2.47. The third-order valence-electron chi connectivity index (χ3n) is 4.95. The number of nitrogens with one attached hydrogen (secondary N) is 1. The number of benzene rings is 1. The molecule has 1 saturated heterocycles. The van der Waals surface area contributed by atoms with Gasteiger partial charge in [-0.25, -0.2) is 0 Å². The van der Waals surface area contributed by atoms with Crippen LogP contribution in [0.1, 0.15) is 46.4 Å². The lowest BCUT2D eigenvalue weighted by atomic mass is 10.1. The number of rotatable bonds is 5. The number of hydrogen-bond donors (Lipinski definition) is 1. The number of amides is 4. The first-order valence-corrected chi connectivity index (χ1v) is 8.58. The van der Waals surface area contributed by atoms with Crippen molar-refractivity contribution in [3.63, 3.8) is 0 Å². The summed E-state index contributed by atoms with van der Waals surface area (Å²) in [6.45, 7) is 0.605. The molecule has 2 aliphatic heterocycles. The summed E-state index contributed by atoms with van der Waals surface area (Å²) in [6, 6.07) is 6.83. The van der Waals surface area contributed by atoms with E-state index in [0.29, 0.717) is 30.1 Å². The van der Waals surface area contributed by atoms with E-state index in [-0.39, 0.29) is 42.6 Å².